The van der Waals surface area contributed by atoms with Crippen LogP contribution >= 0.6 is 11.8 Å². The first kappa shape index (κ1) is 15.9. The summed E-state index contributed by atoms with van der Waals surface area (Å²) in [5.41, 5.74) is 11.3. The van der Waals surface area contributed by atoms with Crippen LogP contribution in [-0.2, 0) is 0 Å². The number of thioether (sulfide) groups is 1. The van der Waals surface area contributed by atoms with Gasteiger partial charge >= 0.3 is 0 Å². The van der Waals surface area contributed by atoms with Gasteiger partial charge < -0.3 is 0 Å². The molecule has 0 atom stereocenters. The van der Waals surface area contributed by atoms with Crippen LogP contribution in [0.25, 0.3) is 15.3 Å². The molecule has 4 heteroatoms. The smallest absolute Gasteiger partial charge is 0.0459 e. The quantitative estimate of drug-likeness (QED) is 0.171. The van der Waals surface area contributed by atoms with E-state index in [-0.39, 0.29) is 0 Å². The highest BCUT2D eigenvalue weighted by molar-refractivity contribution is 8.08. The molecule has 0 aliphatic rings. The van der Waals surface area contributed by atoms with Crippen LogP contribution in [0.1, 0.15) is 11.1 Å². The summed E-state index contributed by atoms with van der Waals surface area (Å²) < 4.78 is 0. The highest BCUT2D eigenvalue weighted by atomic mass is 32.2. The molecular formula is C20H14N3S. The summed E-state index contributed by atoms with van der Waals surface area (Å²) in [6, 6.07) is 27.6. The molecule has 0 aliphatic heterocycles. The zero-order valence-electron chi connectivity index (χ0n) is 12.8. The van der Waals surface area contributed by atoms with Crippen LogP contribution in [0.5, 0.6) is 0 Å². The molecule has 24 heavy (non-hydrogen) atoms. The normalized spacial score (nSPS) is 10.9. The summed E-state index contributed by atoms with van der Waals surface area (Å²) >= 11 is 1.60. The van der Waals surface area contributed by atoms with Crippen LogP contribution in [0.15, 0.2) is 94.9 Å². The Morgan fingerprint density at radius 2 is 1.46 bits per heavy atom. The topological polar surface area (TPSA) is 48.8 Å². The van der Waals surface area contributed by atoms with Crippen LogP contribution in [-0.4, -0.2) is 0 Å². The first-order valence-electron chi connectivity index (χ1n) is 7.43. The van der Waals surface area contributed by atoms with Gasteiger partial charge in [-0.15, -0.1) is 0 Å². The van der Waals surface area contributed by atoms with Gasteiger partial charge in [0.25, 0.3) is 0 Å². The summed E-state index contributed by atoms with van der Waals surface area (Å²) in [7, 11) is 0. The van der Waals surface area contributed by atoms with Crippen molar-refractivity contribution >= 4 is 22.4 Å². The number of nitrogens with zero attached hydrogens (tertiary/aromatic N) is 3. The van der Waals surface area contributed by atoms with Gasteiger partial charge in [-0.05, 0) is 28.8 Å². The highest BCUT2D eigenvalue weighted by Gasteiger charge is 2.09. The van der Waals surface area contributed by atoms with Crippen molar-refractivity contribution in [3.05, 3.63) is 113 Å². The van der Waals surface area contributed by atoms with E-state index < -0.39 is 0 Å². The number of azide groups is 1. The minimum absolute atomic E-state index is 0.599. The average molecular weight is 328 g/mol. The maximum absolute atomic E-state index is 8.83. The van der Waals surface area contributed by atoms with E-state index in [1.54, 1.807) is 11.8 Å². The largest absolute Gasteiger partial charge is 0.0888 e. The molecule has 0 aliphatic carbocycles. The van der Waals surface area contributed by atoms with E-state index in [1.165, 1.54) is 0 Å². The fraction of sp³-hybridized carbons (Fsp3) is 0. The third kappa shape index (κ3) is 4.07. The predicted molar refractivity (Wildman–Crippen MR) is 99.7 cm³/mol. The molecule has 0 heterocycles. The molecule has 1 radical (unpaired) electrons. The Bertz CT molecular complexity index is 883. The van der Waals surface area contributed by atoms with Gasteiger partial charge in [0.1, 0.15) is 0 Å². The Kier molecular flexibility index (Phi) is 5.36. The maximum Gasteiger partial charge on any atom is 0.0459 e. The molecule has 3 nitrogen and oxygen atoms in total. The van der Waals surface area contributed by atoms with Crippen LogP contribution in [0.3, 0.4) is 0 Å². The number of hydrogen-bond acceptors (Lipinski definition) is 2. The summed E-state index contributed by atoms with van der Waals surface area (Å²) in [4.78, 5) is 4.95. The molecule has 0 bridgehead atoms. The van der Waals surface area contributed by atoms with E-state index in [0.717, 1.165) is 20.9 Å². The summed E-state index contributed by atoms with van der Waals surface area (Å²) in [5, 5.41) is 3.82. The Balaban J connectivity index is 2.09. The Morgan fingerprint density at radius 1 is 0.833 bits per heavy atom. The molecular weight excluding hydrogens is 314 g/mol. The molecule has 0 N–H and O–H groups in total. The molecule has 0 spiro atoms. The number of rotatable bonds is 5. The van der Waals surface area contributed by atoms with Crippen molar-refractivity contribution in [2.45, 2.75) is 4.90 Å². The van der Waals surface area contributed by atoms with Crippen LogP contribution < -0.4 is 0 Å². The number of benzene rings is 3. The van der Waals surface area contributed by atoms with E-state index in [1.807, 2.05) is 84.9 Å². The predicted octanol–water partition coefficient (Wildman–Crippen LogP) is 6.61. The molecule has 3 rings (SSSR count). The van der Waals surface area contributed by atoms with Gasteiger partial charge in [0, 0.05) is 26.5 Å². The molecule has 115 valence electrons. The Morgan fingerprint density at radius 3 is 2.17 bits per heavy atom. The Hall–Kier alpha value is -2.94. The summed E-state index contributed by atoms with van der Waals surface area (Å²) in [6.07, 6.45) is 3.44. The van der Waals surface area contributed by atoms with E-state index in [9.17, 15) is 0 Å². The SMILES string of the molecule is [N-]=[N+]=Nc1ccccc1C(=[C]c1ccccc1)Sc1ccccc1. The monoisotopic (exact) mass is 328 g/mol. The first-order chi connectivity index (χ1) is 11.9. The second-order valence-electron chi connectivity index (χ2n) is 4.94. The van der Waals surface area contributed by atoms with Gasteiger partial charge in [-0.1, -0.05) is 89.7 Å². The van der Waals surface area contributed by atoms with Crippen molar-refractivity contribution in [2.75, 3.05) is 0 Å². The average Bonchev–Trinajstić information content (AvgIpc) is 2.64. The fourth-order valence-electron chi connectivity index (χ4n) is 2.21. The maximum atomic E-state index is 8.83. The Labute approximate surface area is 145 Å². The second kappa shape index (κ2) is 8.06. The van der Waals surface area contributed by atoms with Crippen molar-refractivity contribution in [3.8, 4) is 0 Å². The lowest BCUT2D eigenvalue weighted by atomic mass is 10.1. The minimum Gasteiger partial charge on any atom is -0.0888 e. The molecule has 3 aromatic carbocycles. The van der Waals surface area contributed by atoms with Crippen LogP contribution in [0, 0.1) is 6.08 Å². The van der Waals surface area contributed by atoms with Crippen molar-refractivity contribution in [2.24, 2.45) is 5.11 Å². The molecule has 0 amide bonds. The highest BCUT2D eigenvalue weighted by Crippen LogP contribution is 2.39. The molecule has 0 aromatic heterocycles. The molecule has 0 saturated carbocycles. The molecule has 0 fully saturated rings. The van der Waals surface area contributed by atoms with E-state index in [0.29, 0.717) is 5.69 Å². The van der Waals surface area contributed by atoms with Gasteiger partial charge in [-0.25, -0.2) is 0 Å². The van der Waals surface area contributed by atoms with E-state index in [2.05, 4.69) is 16.1 Å². The molecule has 0 unspecified atom stereocenters. The van der Waals surface area contributed by atoms with Crippen LogP contribution in [0.2, 0.25) is 0 Å². The van der Waals surface area contributed by atoms with E-state index in [4.69, 9.17) is 5.53 Å². The standard InChI is InChI=1S/C20H14N3S/c21-23-22-19-14-8-7-13-18(19)20(15-16-9-3-1-4-10-16)24-17-11-5-2-6-12-17/h1-14H. The molecule has 0 saturated heterocycles. The lowest BCUT2D eigenvalue weighted by Gasteiger charge is -2.10. The van der Waals surface area contributed by atoms with Gasteiger partial charge in [-0.3, -0.25) is 0 Å². The lowest BCUT2D eigenvalue weighted by molar-refractivity contribution is 1.44. The second-order valence-corrected chi connectivity index (χ2v) is 6.03. The van der Waals surface area contributed by atoms with Gasteiger partial charge in [0.2, 0.25) is 0 Å². The van der Waals surface area contributed by atoms with Crippen molar-refractivity contribution < 1.29 is 0 Å². The van der Waals surface area contributed by atoms with Gasteiger partial charge in [0.15, 0.2) is 0 Å². The summed E-state index contributed by atoms with van der Waals surface area (Å²) in [6.45, 7) is 0. The van der Waals surface area contributed by atoms with Gasteiger partial charge in [-0.2, -0.15) is 0 Å². The van der Waals surface area contributed by atoms with E-state index >= 15 is 0 Å². The van der Waals surface area contributed by atoms with Gasteiger partial charge in [0.05, 0.1) is 0 Å². The van der Waals surface area contributed by atoms with Crippen molar-refractivity contribution in [1.29, 1.82) is 0 Å². The summed E-state index contributed by atoms with van der Waals surface area (Å²) in [5.74, 6) is 0. The number of hydrogen-bond donors (Lipinski definition) is 0. The lowest BCUT2D eigenvalue weighted by Crippen LogP contribution is -1.84. The first-order valence-corrected chi connectivity index (χ1v) is 8.25. The zero-order valence-corrected chi connectivity index (χ0v) is 13.6. The minimum atomic E-state index is 0.599. The fourth-order valence-corrected chi connectivity index (χ4v) is 3.19. The molecule has 3 aromatic rings. The van der Waals surface area contributed by atoms with Crippen LogP contribution in [0.4, 0.5) is 5.69 Å². The van der Waals surface area contributed by atoms with Crippen molar-refractivity contribution in [1.82, 2.24) is 0 Å². The third-order valence-corrected chi connectivity index (χ3v) is 4.33. The van der Waals surface area contributed by atoms with Crippen molar-refractivity contribution in [3.63, 3.8) is 0 Å². The third-order valence-electron chi connectivity index (χ3n) is 3.30. The zero-order chi connectivity index (χ0) is 16.6.